The second-order valence-corrected chi connectivity index (χ2v) is 28.8. The summed E-state index contributed by atoms with van der Waals surface area (Å²) in [6, 6.07) is 16.2. The minimum absolute atomic E-state index is 0.00290. The van der Waals surface area contributed by atoms with Crippen LogP contribution >= 0.6 is 0 Å². The normalized spacial score (nSPS) is 13.7. The fraction of sp³-hybridized carbons (Fsp3) is 0.439. The summed E-state index contributed by atoms with van der Waals surface area (Å²) < 4.78 is 40.9. The van der Waals surface area contributed by atoms with E-state index in [1.807, 2.05) is 75.8 Å². The van der Waals surface area contributed by atoms with Crippen molar-refractivity contribution in [1.82, 2.24) is 89.6 Å². The number of pyridine rings is 1. The minimum Gasteiger partial charge on any atom is -0.379 e. The van der Waals surface area contributed by atoms with Gasteiger partial charge in [0.2, 0.25) is 35.3 Å². The number of carbonyl (C=O) groups is 10. The van der Waals surface area contributed by atoms with E-state index in [4.69, 9.17) is 33.2 Å². The highest BCUT2D eigenvalue weighted by Gasteiger charge is 2.40. The average molecular weight is 1670 g/mol. The number of ether oxygens (including phenoxy) is 5. The van der Waals surface area contributed by atoms with Crippen LogP contribution < -0.4 is 53.2 Å². The van der Waals surface area contributed by atoms with E-state index in [2.05, 4.69) is 107 Å². The summed E-state index contributed by atoms with van der Waals surface area (Å²) in [5.74, 6) is -3.11. The molecule has 646 valence electrons. The number of imidazole rings is 3. The van der Waals surface area contributed by atoms with E-state index in [0.29, 0.717) is 103 Å². The number of fused-ring (bicyclic) bond motifs is 1. The second kappa shape index (κ2) is 45.4. The number of carbonyl (C=O) groups excluding carboxylic acids is 10. The minimum atomic E-state index is -0.640. The topological polar surface area (TPSA) is 458 Å². The van der Waals surface area contributed by atoms with Crippen molar-refractivity contribution in [2.24, 2.45) is 40.2 Å². The second-order valence-electron chi connectivity index (χ2n) is 28.8. The number of aromatic nitrogens is 10. The quantitative estimate of drug-likeness (QED) is 0.0242. The predicted octanol–water partition coefficient (Wildman–Crippen LogP) is 3.88. The van der Waals surface area contributed by atoms with Crippen LogP contribution in [0.1, 0.15) is 143 Å². The number of nitrogens with zero attached hydrogens (tertiary/aromatic N) is 13. The van der Waals surface area contributed by atoms with Gasteiger partial charge in [-0.2, -0.15) is 0 Å². The van der Waals surface area contributed by atoms with E-state index in [1.54, 1.807) is 52.2 Å². The van der Waals surface area contributed by atoms with Crippen LogP contribution in [0.25, 0.3) is 11.1 Å². The fourth-order valence-electron chi connectivity index (χ4n) is 13.3. The zero-order valence-electron chi connectivity index (χ0n) is 69.5. The number of anilines is 4. The van der Waals surface area contributed by atoms with Crippen LogP contribution in [0.3, 0.4) is 0 Å². The largest absolute Gasteiger partial charge is 0.379 e. The van der Waals surface area contributed by atoms with Crippen molar-refractivity contribution in [3.8, 4) is 0 Å². The molecule has 0 spiro atoms. The lowest BCUT2D eigenvalue weighted by Gasteiger charge is -2.33. The van der Waals surface area contributed by atoms with Gasteiger partial charge in [0.25, 0.3) is 35.4 Å². The molecule has 10 rings (SSSR count). The molecule has 0 saturated heterocycles. The molecule has 39 nitrogen and oxygen atoms in total. The van der Waals surface area contributed by atoms with Crippen LogP contribution in [0.4, 0.5) is 23.0 Å². The zero-order valence-corrected chi connectivity index (χ0v) is 69.5. The summed E-state index contributed by atoms with van der Waals surface area (Å²) >= 11 is 0. The van der Waals surface area contributed by atoms with Gasteiger partial charge in [0.1, 0.15) is 23.2 Å². The first-order valence-corrected chi connectivity index (χ1v) is 39.9. The molecule has 8 aromatic rings. The lowest BCUT2D eigenvalue weighted by atomic mass is 9.91. The maximum atomic E-state index is 13.3. The molecule has 7 aromatic heterocycles. The SMILES string of the molecule is Cc1noc(C)c1C1=CC2C(N=C1)C(c1ccc(C(=O)NCCOCCOCCOCCOCCOCCC(=O)NCCCN(C)CCCNC(=O)CCNC(=O)c3nc(NC(=O)CCNC(=O)c4cc(NC(=O)c5nc(NC(=O)CCNC(=O)c6cc(NC(=O)c7nccn7C)cn6C)cn5C)cn4C)cn3C)cc1)=CN2[C@@H](C)c1ccccn1. The summed E-state index contributed by atoms with van der Waals surface area (Å²) in [7, 11) is 10.0. The maximum absolute atomic E-state index is 13.3. The fourth-order valence-corrected chi connectivity index (χ4v) is 13.3. The first-order chi connectivity index (χ1) is 58.4. The molecule has 2 unspecified atom stereocenters. The van der Waals surface area contributed by atoms with E-state index in [-0.39, 0.29) is 134 Å². The molecule has 0 radical (unpaired) electrons. The van der Waals surface area contributed by atoms with E-state index in [0.717, 1.165) is 52.4 Å². The number of hydrogen-bond acceptors (Lipinski definition) is 24. The Morgan fingerprint density at radius 1 is 0.504 bits per heavy atom. The van der Waals surface area contributed by atoms with Crippen LogP contribution in [0.5, 0.6) is 0 Å². The van der Waals surface area contributed by atoms with Gasteiger partial charge in [-0.1, -0.05) is 29.4 Å². The predicted molar refractivity (Wildman–Crippen MR) is 447 cm³/mol. The number of hydrogen-bond donors (Lipinski definition) is 10. The van der Waals surface area contributed by atoms with Gasteiger partial charge in [0.05, 0.1) is 101 Å². The molecular weight excluding hydrogens is 1560 g/mol. The summed E-state index contributed by atoms with van der Waals surface area (Å²) in [5.41, 5.74) is 7.32. The monoisotopic (exact) mass is 1670 g/mol. The van der Waals surface area contributed by atoms with Gasteiger partial charge in [-0.3, -0.25) is 57.9 Å². The molecule has 39 heteroatoms. The lowest BCUT2D eigenvalue weighted by Crippen LogP contribution is -2.36. The van der Waals surface area contributed by atoms with Crippen LogP contribution in [0.15, 0.2) is 120 Å². The highest BCUT2D eigenvalue weighted by Crippen LogP contribution is 2.41. The Labute approximate surface area is 699 Å². The summed E-state index contributed by atoms with van der Waals surface area (Å²) in [4.78, 5) is 155. The molecule has 0 saturated carbocycles. The number of aliphatic imine (C=N–C) groups is 1. The van der Waals surface area contributed by atoms with E-state index in [1.165, 1.54) is 55.2 Å². The Morgan fingerprint density at radius 2 is 1.02 bits per heavy atom. The highest BCUT2D eigenvalue weighted by atomic mass is 16.6. The van der Waals surface area contributed by atoms with Crippen molar-refractivity contribution < 1.29 is 76.2 Å². The lowest BCUT2D eigenvalue weighted by molar-refractivity contribution is -0.122. The molecule has 2 aliphatic rings. The third-order valence-electron chi connectivity index (χ3n) is 19.6. The number of rotatable bonds is 49. The Kier molecular flexibility index (Phi) is 33.9. The smallest absolute Gasteiger partial charge is 0.291 e. The van der Waals surface area contributed by atoms with Gasteiger partial charge in [-0.05, 0) is 95.7 Å². The van der Waals surface area contributed by atoms with Gasteiger partial charge in [0.15, 0.2) is 17.5 Å². The van der Waals surface area contributed by atoms with Crippen molar-refractivity contribution in [1.29, 1.82) is 0 Å². The third kappa shape index (κ3) is 26.8. The number of amides is 10. The number of aryl methyl sites for hydroxylation is 7. The Balaban J connectivity index is 0.479. The van der Waals surface area contributed by atoms with Gasteiger partial charge >= 0.3 is 0 Å². The molecule has 0 fully saturated rings. The summed E-state index contributed by atoms with van der Waals surface area (Å²) in [6.45, 7) is 12.3. The number of benzene rings is 1. The Hall–Kier alpha value is -12.8. The molecule has 9 heterocycles. The van der Waals surface area contributed by atoms with Crippen molar-refractivity contribution in [2.75, 3.05) is 147 Å². The molecule has 0 aliphatic carbocycles. The summed E-state index contributed by atoms with van der Waals surface area (Å²) in [5, 5.41) is 31.5. The highest BCUT2D eigenvalue weighted by molar-refractivity contribution is 6.12. The zero-order chi connectivity index (χ0) is 86.3. The van der Waals surface area contributed by atoms with Crippen molar-refractivity contribution >= 4 is 99.4 Å². The van der Waals surface area contributed by atoms with E-state index < -0.39 is 41.4 Å². The Morgan fingerprint density at radius 3 is 1.55 bits per heavy atom. The Bertz CT molecular complexity index is 4960. The van der Waals surface area contributed by atoms with Gasteiger partial charge in [-0.25, -0.2) is 15.0 Å². The first-order valence-electron chi connectivity index (χ1n) is 39.9. The van der Waals surface area contributed by atoms with Crippen LogP contribution in [0, 0.1) is 13.8 Å². The third-order valence-corrected chi connectivity index (χ3v) is 19.6. The van der Waals surface area contributed by atoms with Crippen LogP contribution in [0.2, 0.25) is 0 Å². The van der Waals surface area contributed by atoms with Crippen molar-refractivity contribution in [2.45, 2.75) is 77.4 Å². The molecule has 10 amide bonds. The molecule has 0 bridgehead atoms. The maximum Gasteiger partial charge on any atom is 0.291 e. The van der Waals surface area contributed by atoms with Crippen LogP contribution in [-0.2, 0) is 78.1 Å². The van der Waals surface area contributed by atoms with E-state index >= 15 is 0 Å². The molecule has 2 aliphatic heterocycles. The van der Waals surface area contributed by atoms with Crippen molar-refractivity contribution in [3.63, 3.8) is 0 Å². The molecule has 10 N–H and O–H groups in total. The van der Waals surface area contributed by atoms with Gasteiger partial charge in [-0.15, -0.1) is 0 Å². The molecule has 3 atom stereocenters. The molecule has 1 aromatic carbocycles. The summed E-state index contributed by atoms with van der Waals surface area (Å²) in [6.07, 6.45) is 18.6. The van der Waals surface area contributed by atoms with Gasteiger partial charge in [0, 0.05) is 178 Å². The standard InChI is InChI=1S/C82H107N23O16/c1-53-72(55(3)121-98-53)58-44-63-73(91-47-58)61(50-105(63)54(2)62-14-10-11-23-83-62)56-15-17-57(18-16-56)77(110)90-30-35-117-37-39-119-41-43-120-42-40-118-38-36-116-34-22-69(107)85-25-13-32-99(4)31-12-24-84-68(106)19-26-89-80(113)75-96-66(51-103(75)8)94-70(108)20-27-88-79(112)65-46-60(49-102(65)7)93-82(115)76-97-67(52-104(76)9)95-71(109)21-28-87-78(111)64-45-59(48-101(64)6)92-81(114)74-86-29-33-100(74)5/h10-11,14-18,23,29,33,44-52,54,63,73H,12-13,19-22,24-28,30-32,34-43H2,1-9H3,(H,84,106)(H,85,107)(H,87,111)(H,88,112)(H,89,113)(H,90,110)(H,92,114)(H,93,115)(H,94,108)(H,95,109)/t54-,63?,73?/m0/s1. The average Bonchev–Trinajstić information content (AvgIpc) is 1.61. The molecular formula is C82H107N23O16. The van der Waals surface area contributed by atoms with Crippen LogP contribution in [-0.4, -0.2) is 261 Å². The van der Waals surface area contributed by atoms with Gasteiger partial charge < -0.3 is 114 Å². The first kappa shape index (κ1) is 90.5. The number of nitrogens with one attached hydrogen (secondary N) is 10. The van der Waals surface area contributed by atoms with Crippen molar-refractivity contribution in [3.05, 3.63) is 173 Å². The number of allylic oxidation sites excluding steroid dienone is 1. The van der Waals surface area contributed by atoms with E-state index in [9.17, 15) is 47.9 Å². The number of dihydropyridines is 1. The molecule has 121 heavy (non-hydrogen) atoms.